The van der Waals surface area contributed by atoms with Gasteiger partial charge in [0.1, 0.15) is 5.00 Å². The first-order valence-electron chi connectivity index (χ1n) is 8.49. The van der Waals surface area contributed by atoms with Gasteiger partial charge in [-0.15, -0.1) is 23.1 Å². The molecular formula is C19H22N2O4S2. The number of anilines is 1. The third-order valence-electron chi connectivity index (χ3n) is 3.74. The van der Waals surface area contributed by atoms with E-state index in [0.717, 1.165) is 15.5 Å². The molecule has 27 heavy (non-hydrogen) atoms. The zero-order chi connectivity index (χ0) is 20.0. The Morgan fingerprint density at radius 1 is 1.15 bits per heavy atom. The summed E-state index contributed by atoms with van der Waals surface area (Å²) in [6.45, 7) is 7.50. The van der Waals surface area contributed by atoms with Gasteiger partial charge < -0.3 is 10.1 Å². The van der Waals surface area contributed by atoms with E-state index in [-0.39, 0.29) is 18.1 Å². The van der Waals surface area contributed by atoms with Gasteiger partial charge in [0.15, 0.2) is 0 Å². The number of ether oxygens (including phenoxy) is 1. The Hall–Kier alpha value is -2.32. The molecule has 0 aliphatic rings. The molecule has 0 fully saturated rings. The van der Waals surface area contributed by atoms with Crippen molar-refractivity contribution < 1.29 is 19.1 Å². The van der Waals surface area contributed by atoms with Gasteiger partial charge in [0.2, 0.25) is 0 Å². The van der Waals surface area contributed by atoms with Crippen LogP contribution in [-0.2, 0) is 4.74 Å². The van der Waals surface area contributed by atoms with Crippen LogP contribution in [0.3, 0.4) is 0 Å². The van der Waals surface area contributed by atoms with Crippen molar-refractivity contribution in [2.75, 3.05) is 17.7 Å². The second-order valence-corrected chi connectivity index (χ2v) is 8.14. The van der Waals surface area contributed by atoms with Gasteiger partial charge in [0, 0.05) is 15.3 Å². The number of thiophene rings is 1. The van der Waals surface area contributed by atoms with E-state index in [1.165, 1.54) is 11.3 Å². The zero-order valence-corrected chi connectivity index (χ0v) is 17.3. The summed E-state index contributed by atoms with van der Waals surface area (Å²) < 4.78 is 4.75. The predicted molar refractivity (Wildman–Crippen MR) is 109 cm³/mol. The van der Waals surface area contributed by atoms with E-state index in [1.54, 1.807) is 31.7 Å². The first kappa shape index (κ1) is 21.0. The lowest BCUT2D eigenvalue weighted by molar-refractivity contribution is 0.0925. The van der Waals surface area contributed by atoms with E-state index in [4.69, 9.17) is 4.74 Å². The number of carbonyl (C=O) groups excluding carboxylic acids is 3. The minimum atomic E-state index is -0.813. The van der Waals surface area contributed by atoms with Crippen molar-refractivity contribution in [3.8, 4) is 0 Å². The van der Waals surface area contributed by atoms with Crippen molar-refractivity contribution >= 4 is 46.0 Å². The lowest BCUT2D eigenvalue weighted by atomic mass is 10.1. The molecule has 0 radical (unpaired) electrons. The minimum Gasteiger partial charge on any atom is -0.450 e. The zero-order valence-electron chi connectivity index (χ0n) is 15.7. The number of hydrogen-bond donors (Lipinski definition) is 2. The van der Waals surface area contributed by atoms with Crippen LogP contribution in [0.4, 0.5) is 9.80 Å². The first-order chi connectivity index (χ1) is 12.9. The Balaban J connectivity index is 2.25. The standard InChI is InChI=1S/C19H22N2O4S2/c1-5-25-19(24)21-17(23)15-11(3)12(4)27-18(15)20-16(22)13-8-7-9-14(10-13)26-6-2/h7-10H,5-6H2,1-4H3,(H,20,22)(H,21,23,24). The summed E-state index contributed by atoms with van der Waals surface area (Å²) in [4.78, 5) is 38.6. The van der Waals surface area contributed by atoms with Gasteiger partial charge in [-0.25, -0.2) is 4.79 Å². The van der Waals surface area contributed by atoms with E-state index < -0.39 is 12.0 Å². The summed E-state index contributed by atoms with van der Waals surface area (Å²) in [6.07, 6.45) is -0.813. The molecule has 0 aliphatic carbocycles. The number of benzene rings is 1. The molecule has 6 nitrogen and oxygen atoms in total. The fourth-order valence-electron chi connectivity index (χ4n) is 2.38. The van der Waals surface area contributed by atoms with E-state index in [1.807, 2.05) is 32.0 Å². The number of carbonyl (C=O) groups is 3. The molecule has 0 saturated carbocycles. The van der Waals surface area contributed by atoms with Crippen LogP contribution in [0.25, 0.3) is 0 Å². The maximum atomic E-state index is 12.7. The molecule has 8 heteroatoms. The number of rotatable bonds is 6. The average molecular weight is 407 g/mol. The van der Waals surface area contributed by atoms with Gasteiger partial charge in [-0.1, -0.05) is 13.0 Å². The van der Waals surface area contributed by atoms with E-state index in [0.29, 0.717) is 16.1 Å². The maximum absolute atomic E-state index is 12.7. The largest absolute Gasteiger partial charge is 0.450 e. The van der Waals surface area contributed by atoms with Crippen molar-refractivity contribution in [2.45, 2.75) is 32.6 Å². The molecule has 0 aliphatic heterocycles. The van der Waals surface area contributed by atoms with Crippen LogP contribution in [0.1, 0.15) is 45.0 Å². The van der Waals surface area contributed by atoms with Gasteiger partial charge in [0.05, 0.1) is 12.2 Å². The normalized spacial score (nSPS) is 10.4. The summed E-state index contributed by atoms with van der Waals surface area (Å²) >= 11 is 2.94. The van der Waals surface area contributed by atoms with Gasteiger partial charge in [-0.2, -0.15) is 0 Å². The van der Waals surface area contributed by atoms with E-state index >= 15 is 0 Å². The summed E-state index contributed by atoms with van der Waals surface area (Å²) in [5, 5.41) is 5.39. The third-order valence-corrected chi connectivity index (χ3v) is 5.74. The van der Waals surface area contributed by atoms with Crippen molar-refractivity contribution in [1.82, 2.24) is 5.32 Å². The maximum Gasteiger partial charge on any atom is 0.414 e. The topological polar surface area (TPSA) is 84.5 Å². The van der Waals surface area contributed by atoms with Gasteiger partial charge in [0.25, 0.3) is 11.8 Å². The second kappa shape index (κ2) is 9.57. The second-order valence-electron chi connectivity index (χ2n) is 5.58. The number of thioether (sulfide) groups is 1. The van der Waals surface area contributed by atoms with Crippen molar-refractivity contribution in [3.63, 3.8) is 0 Å². The minimum absolute atomic E-state index is 0.163. The Labute approximate surface area is 166 Å². The lowest BCUT2D eigenvalue weighted by Crippen LogP contribution is -2.31. The molecule has 0 unspecified atom stereocenters. The Morgan fingerprint density at radius 2 is 1.89 bits per heavy atom. The van der Waals surface area contributed by atoms with Gasteiger partial charge in [-0.3, -0.25) is 14.9 Å². The molecule has 2 rings (SSSR count). The van der Waals surface area contributed by atoms with Crippen molar-refractivity contribution in [2.24, 2.45) is 0 Å². The van der Waals surface area contributed by atoms with Gasteiger partial charge >= 0.3 is 6.09 Å². The summed E-state index contributed by atoms with van der Waals surface area (Å²) in [5.41, 5.74) is 1.50. The molecule has 0 spiro atoms. The van der Waals surface area contributed by atoms with Crippen LogP contribution in [-0.4, -0.2) is 30.3 Å². The van der Waals surface area contributed by atoms with Crippen LogP contribution < -0.4 is 10.6 Å². The molecule has 0 saturated heterocycles. The quantitative estimate of drug-likeness (QED) is 0.684. The number of hydrogen-bond acceptors (Lipinski definition) is 6. The highest BCUT2D eigenvalue weighted by molar-refractivity contribution is 7.99. The van der Waals surface area contributed by atoms with Crippen LogP contribution in [0, 0.1) is 13.8 Å². The Bertz CT molecular complexity index is 861. The highest BCUT2D eigenvalue weighted by Gasteiger charge is 2.23. The van der Waals surface area contributed by atoms with Crippen molar-refractivity contribution in [3.05, 3.63) is 45.8 Å². The molecule has 144 valence electrons. The number of amides is 3. The third kappa shape index (κ3) is 5.33. The molecule has 1 aromatic heterocycles. The summed E-state index contributed by atoms with van der Waals surface area (Å²) in [5.74, 6) is 0.00733. The van der Waals surface area contributed by atoms with E-state index in [9.17, 15) is 14.4 Å². The average Bonchev–Trinajstić information content (AvgIpc) is 2.89. The Morgan fingerprint density at radius 3 is 2.56 bits per heavy atom. The highest BCUT2D eigenvalue weighted by Crippen LogP contribution is 2.33. The molecule has 2 N–H and O–H groups in total. The highest BCUT2D eigenvalue weighted by atomic mass is 32.2. The number of nitrogens with one attached hydrogen (secondary N) is 2. The molecule has 1 aromatic carbocycles. The fourth-order valence-corrected chi connectivity index (χ4v) is 4.15. The van der Waals surface area contributed by atoms with Crippen LogP contribution in [0.15, 0.2) is 29.2 Å². The summed E-state index contributed by atoms with van der Waals surface area (Å²) in [6, 6.07) is 7.31. The molecule has 3 amide bonds. The number of alkyl carbamates (subject to hydrolysis) is 1. The monoisotopic (exact) mass is 406 g/mol. The lowest BCUT2D eigenvalue weighted by Gasteiger charge is -2.09. The van der Waals surface area contributed by atoms with Gasteiger partial charge in [-0.05, 0) is 50.3 Å². The number of imide groups is 1. The summed E-state index contributed by atoms with van der Waals surface area (Å²) in [7, 11) is 0. The first-order valence-corrected chi connectivity index (χ1v) is 10.3. The van der Waals surface area contributed by atoms with Crippen molar-refractivity contribution in [1.29, 1.82) is 0 Å². The fraction of sp³-hybridized carbons (Fsp3) is 0.316. The van der Waals surface area contributed by atoms with Crippen LogP contribution >= 0.6 is 23.1 Å². The molecule has 2 aromatic rings. The van der Waals surface area contributed by atoms with Crippen LogP contribution in [0.5, 0.6) is 0 Å². The van der Waals surface area contributed by atoms with Crippen LogP contribution in [0.2, 0.25) is 0 Å². The predicted octanol–water partition coefficient (Wildman–Crippen LogP) is 4.62. The Kier molecular flexibility index (Phi) is 7.44. The molecule has 1 heterocycles. The molecular weight excluding hydrogens is 384 g/mol. The molecule has 0 bridgehead atoms. The van der Waals surface area contributed by atoms with E-state index in [2.05, 4.69) is 10.6 Å². The SMILES string of the molecule is CCOC(=O)NC(=O)c1c(NC(=O)c2cccc(SCC)c2)sc(C)c1C. The smallest absolute Gasteiger partial charge is 0.414 e. The number of aryl methyl sites for hydroxylation is 1. The molecule has 0 atom stereocenters.